The number of tetrazole rings is 1. The van der Waals surface area contributed by atoms with Crippen LogP contribution in [0.1, 0.15) is 25.5 Å². The third-order valence-corrected chi connectivity index (χ3v) is 4.28. The lowest BCUT2D eigenvalue weighted by molar-refractivity contribution is 0.227. The summed E-state index contributed by atoms with van der Waals surface area (Å²) in [6.07, 6.45) is 0. The van der Waals surface area contributed by atoms with Crippen LogP contribution in [-0.2, 0) is 0 Å². The van der Waals surface area contributed by atoms with Crippen LogP contribution in [0.15, 0.2) is 36.4 Å². The second kappa shape index (κ2) is 7.89. The number of hydrogen-bond donors (Lipinski definition) is 1. The molecule has 0 spiro atoms. The minimum Gasteiger partial charge on any atom is -0.497 e. The molecule has 0 amide bonds. The molecule has 3 aromatic rings. The van der Waals surface area contributed by atoms with Crippen molar-refractivity contribution in [2.75, 3.05) is 32.1 Å². The number of methoxy groups -OCH3 is 1. The van der Waals surface area contributed by atoms with Crippen molar-refractivity contribution in [2.24, 2.45) is 0 Å². The predicted molar refractivity (Wildman–Crippen MR) is 95.7 cm³/mol. The number of anilines is 1. The number of rotatable bonds is 8. The van der Waals surface area contributed by atoms with Crippen molar-refractivity contribution >= 4 is 11.5 Å². The second-order valence-electron chi connectivity index (χ2n) is 5.64. The molecule has 0 aliphatic rings. The van der Waals surface area contributed by atoms with E-state index in [1.807, 2.05) is 24.3 Å². The Labute approximate surface area is 146 Å². The van der Waals surface area contributed by atoms with Crippen molar-refractivity contribution < 1.29 is 4.74 Å². The molecule has 0 unspecified atom stereocenters. The number of fused-ring (bicyclic) bond motifs is 1. The van der Waals surface area contributed by atoms with Gasteiger partial charge in [-0.25, -0.2) is 0 Å². The highest BCUT2D eigenvalue weighted by Crippen LogP contribution is 2.24. The van der Waals surface area contributed by atoms with E-state index in [1.165, 1.54) is 10.2 Å². The Hall–Kier alpha value is -2.74. The zero-order valence-corrected chi connectivity index (χ0v) is 14.8. The fraction of sp³-hybridized carbons (Fsp3) is 0.412. The highest BCUT2D eigenvalue weighted by atomic mass is 16.5. The van der Waals surface area contributed by atoms with E-state index in [0.29, 0.717) is 5.65 Å². The van der Waals surface area contributed by atoms with Crippen molar-refractivity contribution in [3.8, 4) is 5.75 Å². The molecule has 0 aliphatic heterocycles. The zero-order valence-electron chi connectivity index (χ0n) is 14.8. The van der Waals surface area contributed by atoms with Crippen LogP contribution < -0.4 is 10.1 Å². The summed E-state index contributed by atoms with van der Waals surface area (Å²) in [5.41, 5.74) is 1.83. The van der Waals surface area contributed by atoms with Gasteiger partial charge in [0.2, 0.25) is 0 Å². The third kappa shape index (κ3) is 3.85. The maximum absolute atomic E-state index is 5.38. The number of benzene rings is 1. The lowest BCUT2D eigenvalue weighted by atomic mass is 10.0. The minimum atomic E-state index is 0.205. The van der Waals surface area contributed by atoms with Gasteiger partial charge < -0.3 is 10.1 Å². The molecule has 0 saturated carbocycles. The largest absolute Gasteiger partial charge is 0.497 e. The first-order chi connectivity index (χ1) is 12.2. The Morgan fingerprint density at radius 1 is 1.20 bits per heavy atom. The van der Waals surface area contributed by atoms with Crippen molar-refractivity contribution in [1.29, 1.82) is 0 Å². The minimum absolute atomic E-state index is 0.205. The normalized spacial score (nSPS) is 12.5. The summed E-state index contributed by atoms with van der Waals surface area (Å²) in [5, 5.41) is 19.1. The van der Waals surface area contributed by atoms with Gasteiger partial charge in [0.05, 0.1) is 13.2 Å². The van der Waals surface area contributed by atoms with Gasteiger partial charge in [0.15, 0.2) is 5.65 Å². The summed E-state index contributed by atoms with van der Waals surface area (Å²) in [4.78, 5) is 2.40. The van der Waals surface area contributed by atoms with E-state index in [9.17, 15) is 0 Å². The van der Waals surface area contributed by atoms with Gasteiger partial charge in [-0.05, 0) is 53.3 Å². The molecular formula is C17H23N7O. The Balaban J connectivity index is 1.81. The smallest absolute Gasteiger partial charge is 0.200 e. The Morgan fingerprint density at radius 2 is 2.04 bits per heavy atom. The van der Waals surface area contributed by atoms with Crippen LogP contribution in [0, 0.1) is 0 Å². The third-order valence-electron chi connectivity index (χ3n) is 4.28. The van der Waals surface area contributed by atoms with E-state index in [-0.39, 0.29) is 6.04 Å². The van der Waals surface area contributed by atoms with Crippen LogP contribution in [0.3, 0.4) is 0 Å². The molecule has 8 heteroatoms. The molecule has 3 rings (SSSR count). The molecule has 132 valence electrons. The fourth-order valence-corrected chi connectivity index (χ4v) is 2.92. The van der Waals surface area contributed by atoms with Gasteiger partial charge in [-0.15, -0.1) is 14.8 Å². The number of likely N-dealkylation sites (N-methyl/N-ethyl adjacent to an activating group) is 1. The van der Waals surface area contributed by atoms with Crippen LogP contribution in [0.4, 0.5) is 5.82 Å². The number of nitrogens with one attached hydrogen (secondary N) is 1. The first kappa shape index (κ1) is 17.1. The Bertz CT molecular complexity index is 815. The van der Waals surface area contributed by atoms with Gasteiger partial charge in [-0.1, -0.05) is 26.0 Å². The number of hydrogen-bond acceptors (Lipinski definition) is 7. The highest BCUT2D eigenvalue weighted by molar-refractivity contribution is 5.42. The standard InChI is InChI=1S/C17H23N7O/c1-4-23(5-2)15(13-7-6-8-14(11-13)25-3)12-18-16-9-10-17-19-21-22-24(17)20-16/h6-11,15H,4-5,12H2,1-3H3,(H,18,20)/t15-/m0/s1. The Morgan fingerprint density at radius 3 is 2.80 bits per heavy atom. The molecule has 8 nitrogen and oxygen atoms in total. The van der Waals surface area contributed by atoms with E-state index in [4.69, 9.17) is 4.74 Å². The van der Waals surface area contributed by atoms with E-state index in [1.54, 1.807) is 7.11 Å². The van der Waals surface area contributed by atoms with Gasteiger partial charge in [-0.2, -0.15) is 0 Å². The molecule has 2 aromatic heterocycles. The van der Waals surface area contributed by atoms with E-state index < -0.39 is 0 Å². The van der Waals surface area contributed by atoms with E-state index in [2.05, 4.69) is 56.8 Å². The molecule has 1 aromatic carbocycles. The van der Waals surface area contributed by atoms with Crippen molar-refractivity contribution in [1.82, 2.24) is 30.2 Å². The van der Waals surface area contributed by atoms with Gasteiger partial charge in [0.1, 0.15) is 11.6 Å². The van der Waals surface area contributed by atoms with Gasteiger partial charge >= 0.3 is 0 Å². The average molecular weight is 341 g/mol. The summed E-state index contributed by atoms with van der Waals surface area (Å²) in [6, 6.07) is 12.1. The molecule has 0 saturated heterocycles. The predicted octanol–water partition coefficient (Wildman–Crippen LogP) is 2.02. The summed E-state index contributed by atoms with van der Waals surface area (Å²) >= 11 is 0. The molecule has 2 heterocycles. The summed E-state index contributed by atoms with van der Waals surface area (Å²) in [7, 11) is 1.69. The molecule has 0 aliphatic carbocycles. The summed E-state index contributed by atoms with van der Waals surface area (Å²) in [5.74, 6) is 1.60. The molecule has 1 N–H and O–H groups in total. The first-order valence-electron chi connectivity index (χ1n) is 8.42. The van der Waals surface area contributed by atoms with E-state index >= 15 is 0 Å². The number of aromatic nitrogens is 5. The Kier molecular flexibility index (Phi) is 5.39. The molecular weight excluding hydrogens is 318 g/mol. The van der Waals surface area contributed by atoms with Gasteiger partial charge in [-0.3, -0.25) is 4.90 Å². The van der Waals surface area contributed by atoms with Crippen LogP contribution in [0.2, 0.25) is 0 Å². The maximum Gasteiger partial charge on any atom is 0.200 e. The maximum atomic E-state index is 5.38. The summed E-state index contributed by atoms with van der Waals surface area (Å²) < 4.78 is 6.79. The van der Waals surface area contributed by atoms with Crippen LogP contribution >= 0.6 is 0 Å². The number of ether oxygens (including phenoxy) is 1. The molecule has 1 atom stereocenters. The SMILES string of the molecule is CCN(CC)[C@@H](CNc1ccc2nnnn2n1)c1cccc(OC)c1. The molecule has 25 heavy (non-hydrogen) atoms. The van der Waals surface area contributed by atoms with Gasteiger partial charge in [0, 0.05) is 6.54 Å². The first-order valence-corrected chi connectivity index (χ1v) is 8.42. The molecule has 0 radical (unpaired) electrons. The molecule has 0 fully saturated rings. The number of nitrogens with zero attached hydrogens (tertiary/aromatic N) is 6. The van der Waals surface area contributed by atoms with Crippen LogP contribution in [0.5, 0.6) is 5.75 Å². The fourth-order valence-electron chi connectivity index (χ4n) is 2.92. The van der Waals surface area contributed by atoms with Crippen LogP contribution in [0.25, 0.3) is 5.65 Å². The quantitative estimate of drug-likeness (QED) is 0.671. The second-order valence-corrected chi connectivity index (χ2v) is 5.64. The lowest BCUT2D eigenvalue weighted by Gasteiger charge is -2.30. The van der Waals surface area contributed by atoms with Crippen LogP contribution in [-0.4, -0.2) is 56.9 Å². The van der Waals surface area contributed by atoms with E-state index in [0.717, 1.165) is 31.2 Å². The van der Waals surface area contributed by atoms with Crippen molar-refractivity contribution in [3.63, 3.8) is 0 Å². The topological polar surface area (TPSA) is 80.5 Å². The highest BCUT2D eigenvalue weighted by Gasteiger charge is 2.18. The molecule has 0 bridgehead atoms. The van der Waals surface area contributed by atoms with Gasteiger partial charge in [0.25, 0.3) is 0 Å². The van der Waals surface area contributed by atoms with Crippen molar-refractivity contribution in [2.45, 2.75) is 19.9 Å². The summed E-state index contributed by atoms with van der Waals surface area (Å²) in [6.45, 7) is 6.97. The monoisotopic (exact) mass is 341 g/mol. The van der Waals surface area contributed by atoms with Crippen molar-refractivity contribution in [3.05, 3.63) is 42.0 Å². The average Bonchev–Trinajstić information content (AvgIpc) is 3.13. The lowest BCUT2D eigenvalue weighted by Crippen LogP contribution is -2.33. The zero-order chi connectivity index (χ0) is 17.6.